The smallest absolute Gasteiger partial charge is 0.387 e. The number of rotatable bonds is 7. The molecule has 0 unspecified atom stereocenters. The summed E-state index contributed by atoms with van der Waals surface area (Å²) in [6, 6.07) is 4.43. The number of alkyl halides is 2. The van der Waals surface area contributed by atoms with E-state index in [1.54, 1.807) is 7.05 Å². The molecule has 20 heavy (non-hydrogen) atoms. The lowest BCUT2D eigenvalue weighted by molar-refractivity contribution is -0.120. The normalized spacial score (nSPS) is 9.85. The van der Waals surface area contributed by atoms with Crippen LogP contribution in [0.2, 0.25) is 0 Å². The first-order valence-electron chi connectivity index (χ1n) is 5.60. The Labute approximate surface area is 122 Å². The molecule has 0 heterocycles. The Bertz CT molecular complexity index is 433. The van der Waals surface area contributed by atoms with Crippen LogP contribution in [0.3, 0.4) is 0 Å². The van der Waals surface area contributed by atoms with Crippen LogP contribution in [0.4, 0.5) is 8.78 Å². The molecule has 0 saturated heterocycles. The quantitative estimate of drug-likeness (QED) is 0.802. The lowest BCUT2D eigenvalue weighted by Crippen LogP contribution is -2.31. The molecule has 0 atom stereocenters. The second kappa shape index (κ2) is 9.33. The fraction of sp³-hybridized carbons (Fsp3) is 0.417. The number of halogens is 3. The average Bonchev–Trinajstić information content (AvgIpc) is 2.37. The van der Waals surface area contributed by atoms with Gasteiger partial charge < -0.3 is 20.1 Å². The van der Waals surface area contributed by atoms with E-state index in [2.05, 4.69) is 15.4 Å². The first kappa shape index (κ1) is 18.4. The minimum Gasteiger partial charge on any atom is -0.497 e. The van der Waals surface area contributed by atoms with Crippen LogP contribution in [0.25, 0.3) is 0 Å². The van der Waals surface area contributed by atoms with Crippen molar-refractivity contribution in [3.8, 4) is 11.5 Å². The highest BCUT2D eigenvalue weighted by Crippen LogP contribution is 2.25. The van der Waals surface area contributed by atoms with Gasteiger partial charge in [0.2, 0.25) is 5.91 Å². The van der Waals surface area contributed by atoms with E-state index in [4.69, 9.17) is 4.74 Å². The largest absolute Gasteiger partial charge is 0.497 e. The third-order valence-electron chi connectivity index (χ3n) is 2.30. The van der Waals surface area contributed by atoms with E-state index in [0.717, 1.165) is 0 Å². The summed E-state index contributed by atoms with van der Waals surface area (Å²) < 4.78 is 33.9. The molecule has 0 bridgehead atoms. The van der Waals surface area contributed by atoms with Crippen LogP contribution < -0.4 is 20.1 Å². The number of likely N-dealkylation sites (N-methyl/N-ethyl adjacent to an activating group) is 1. The number of hydrogen-bond acceptors (Lipinski definition) is 4. The molecule has 1 amide bonds. The van der Waals surface area contributed by atoms with E-state index in [-0.39, 0.29) is 37.2 Å². The molecule has 1 aromatic carbocycles. The van der Waals surface area contributed by atoms with Gasteiger partial charge in [-0.15, -0.1) is 12.4 Å². The molecular formula is C12H17ClF2N2O3. The van der Waals surface area contributed by atoms with E-state index in [1.807, 2.05) is 0 Å². The van der Waals surface area contributed by atoms with Crippen molar-refractivity contribution >= 4 is 18.3 Å². The number of carbonyl (C=O) groups is 1. The summed E-state index contributed by atoms with van der Waals surface area (Å²) in [7, 11) is 3.10. The van der Waals surface area contributed by atoms with Crippen LogP contribution in [0.15, 0.2) is 18.2 Å². The van der Waals surface area contributed by atoms with Gasteiger partial charge in [0.25, 0.3) is 0 Å². The number of amides is 1. The van der Waals surface area contributed by atoms with Crippen molar-refractivity contribution in [3.05, 3.63) is 23.8 Å². The van der Waals surface area contributed by atoms with Crippen molar-refractivity contribution in [3.63, 3.8) is 0 Å². The monoisotopic (exact) mass is 310 g/mol. The maximum Gasteiger partial charge on any atom is 0.387 e. The highest BCUT2D eigenvalue weighted by Gasteiger charge is 2.11. The molecule has 1 rings (SSSR count). The summed E-state index contributed by atoms with van der Waals surface area (Å²) >= 11 is 0. The van der Waals surface area contributed by atoms with Gasteiger partial charge >= 0.3 is 6.61 Å². The van der Waals surface area contributed by atoms with Crippen LogP contribution in [-0.4, -0.2) is 33.2 Å². The minimum absolute atomic E-state index is 0. The molecular weight excluding hydrogens is 294 g/mol. The highest BCUT2D eigenvalue weighted by atomic mass is 35.5. The van der Waals surface area contributed by atoms with Gasteiger partial charge in [-0.1, -0.05) is 0 Å². The van der Waals surface area contributed by atoms with Crippen LogP contribution in [0.5, 0.6) is 11.5 Å². The predicted molar refractivity (Wildman–Crippen MR) is 72.6 cm³/mol. The van der Waals surface area contributed by atoms with Crippen molar-refractivity contribution in [2.75, 3.05) is 20.7 Å². The summed E-state index contributed by atoms with van der Waals surface area (Å²) in [4.78, 5) is 11.3. The number of nitrogens with one attached hydrogen (secondary N) is 2. The van der Waals surface area contributed by atoms with Crippen LogP contribution in [0, 0.1) is 0 Å². The van der Waals surface area contributed by atoms with Crippen LogP contribution in [0.1, 0.15) is 5.56 Å². The Morgan fingerprint density at radius 2 is 2.10 bits per heavy atom. The van der Waals surface area contributed by atoms with Crippen LogP contribution >= 0.6 is 12.4 Å². The van der Waals surface area contributed by atoms with Crippen molar-refractivity contribution in [2.24, 2.45) is 0 Å². The number of hydrogen-bond donors (Lipinski definition) is 2. The van der Waals surface area contributed by atoms with Gasteiger partial charge in [-0.3, -0.25) is 4.79 Å². The molecule has 2 N–H and O–H groups in total. The molecule has 0 aromatic heterocycles. The fourth-order valence-corrected chi connectivity index (χ4v) is 1.45. The van der Waals surface area contributed by atoms with Gasteiger partial charge in [-0.25, -0.2) is 0 Å². The van der Waals surface area contributed by atoms with Crippen molar-refractivity contribution in [1.29, 1.82) is 0 Å². The first-order valence-corrected chi connectivity index (χ1v) is 5.60. The Hall–Kier alpha value is -1.60. The Morgan fingerprint density at radius 1 is 1.40 bits per heavy atom. The lowest BCUT2D eigenvalue weighted by atomic mass is 10.2. The summed E-state index contributed by atoms with van der Waals surface area (Å²) in [6.07, 6.45) is 0. The summed E-state index contributed by atoms with van der Waals surface area (Å²) in [5.74, 6) is 0.272. The molecule has 5 nitrogen and oxygen atoms in total. The maximum atomic E-state index is 12.3. The Balaban J connectivity index is 0.00000361. The van der Waals surface area contributed by atoms with Gasteiger partial charge in [-0.05, 0) is 25.2 Å². The third-order valence-corrected chi connectivity index (χ3v) is 2.30. The number of carbonyl (C=O) groups excluding carboxylic acids is 1. The first-order chi connectivity index (χ1) is 9.06. The van der Waals surface area contributed by atoms with E-state index in [9.17, 15) is 13.6 Å². The summed E-state index contributed by atoms with van der Waals surface area (Å²) in [6.45, 7) is -2.69. The number of ether oxygens (including phenoxy) is 2. The van der Waals surface area contributed by atoms with E-state index in [1.165, 1.54) is 25.3 Å². The molecule has 0 radical (unpaired) electrons. The molecule has 1 aromatic rings. The van der Waals surface area contributed by atoms with Gasteiger partial charge in [0.1, 0.15) is 11.5 Å². The molecule has 0 aliphatic rings. The maximum absolute atomic E-state index is 12.3. The van der Waals surface area contributed by atoms with Crippen molar-refractivity contribution < 1.29 is 23.0 Å². The van der Waals surface area contributed by atoms with E-state index < -0.39 is 6.61 Å². The summed E-state index contributed by atoms with van der Waals surface area (Å²) in [5, 5.41) is 5.27. The zero-order valence-electron chi connectivity index (χ0n) is 11.1. The molecule has 0 fully saturated rings. The summed E-state index contributed by atoms with van der Waals surface area (Å²) in [5.41, 5.74) is 0.420. The Kier molecular flexibility index (Phi) is 8.58. The van der Waals surface area contributed by atoms with E-state index >= 15 is 0 Å². The molecule has 0 spiro atoms. The van der Waals surface area contributed by atoms with Gasteiger partial charge in [0.05, 0.1) is 13.7 Å². The molecule has 114 valence electrons. The zero-order chi connectivity index (χ0) is 14.3. The molecule has 0 aliphatic carbocycles. The second-order valence-corrected chi connectivity index (χ2v) is 3.66. The zero-order valence-corrected chi connectivity index (χ0v) is 11.9. The Morgan fingerprint density at radius 3 is 2.65 bits per heavy atom. The standard InChI is InChI=1S/C12H16F2N2O3.ClH/c1-15-7-11(17)16-6-8-5-9(18-2)3-4-10(8)19-12(13)14;/h3-5,12,15H,6-7H2,1-2H3,(H,16,17);1H. The lowest BCUT2D eigenvalue weighted by Gasteiger charge is -2.13. The number of benzene rings is 1. The van der Waals surface area contributed by atoms with Gasteiger partial charge in [-0.2, -0.15) is 8.78 Å². The third kappa shape index (κ3) is 6.03. The van der Waals surface area contributed by atoms with Gasteiger partial charge in [0.15, 0.2) is 0 Å². The SMILES string of the molecule is CNCC(=O)NCc1cc(OC)ccc1OC(F)F.Cl. The average molecular weight is 311 g/mol. The van der Waals surface area contributed by atoms with E-state index in [0.29, 0.717) is 11.3 Å². The highest BCUT2D eigenvalue weighted by molar-refractivity contribution is 5.85. The molecule has 8 heteroatoms. The number of methoxy groups -OCH3 is 1. The van der Waals surface area contributed by atoms with Crippen molar-refractivity contribution in [1.82, 2.24) is 10.6 Å². The topological polar surface area (TPSA) is 59.6 Å². The second-order valence-electron chi connectivity index (χ2n) is 3.66. The molecule has 0 aliphatic heterocycles. The van der Waals surface area contributed by atoms with Crippen LogP contribution in [-0.2, 0) is 11.3 Å². The van der Waals surface area contributed by atoms with Crippen molar-refractivity contribution in [2.45, 2.75) is 13.2 Å². The minimum atomic E-state index is -2.92. The molecule has 0 saturated carbocycles. The fourth-order valence-electron chi connectivity index (χ4n) is 1.45. The van der Waals surface area contributed by atoms with Gasteiger partial charge in [0, 0.05) is 12.1 Å². The predicted octanol–water partition coefficient (Wildman–Crippen LogP) is 1.55.